The molecule has 6 nitrogen and oxygen atoms in total. The molecule has 0 bridgehead atoms. The summed E-state index contributed by atoms with van der Waals surface area (Å²) in [6, 6.07) is 5.85. The quantitative estimate of drug-likeness (QED) is 0.684. The molecule has 1 N–H and O–H groups in total. The van der Waals surface area contributed by atoms with Crippen LogP contribution in [0.2, 0.25) is 0 Å². The van der Waals surface area contributed by atoms with E-state index in [-0.39, 0.29) is 18.4 Å². The Kier molecular flexibility index (Phi) is 5.98. The second kappa shape index (κ2) is 8.29. The first-order chi connectivity index (χ1) is 13.7. The van der Waals surface area contributed by atoms with Crippen LogP contribution in [-0.4, -0.2) is 40.3 Å². The molecule has 1 aromatic carbocycles. The Bertz CT molecular complexity index is 1080. The van der Waals surface area contributed by atoms with Crippen LogP contribution in [0.3, 0.4) is 0 Å². The number of fused-ring (bicyclic) bond motifs is 1. The predicted molar refractivity (Wildman–Crippen MR) is 118 cm³/mol. The number of thiophene rings is 1. The summed E-state index contributed by atoms with van der Waals surface area (Å²) in [4.78, 5) is 37.5. The van der Waals surface area contributed by atoms with Crippen LogP contribution in [-0.2, 0) is 11.2 Å². The second-order valence-electron chi connectivity index (χ2n) is 7.29. The standard InChI is InChI=1S/C22H26N4O2S/c1-7-16-23-15(5)18-14(4)20(29-21(18)24-16)22(28)26(6)11-17(27)25-19-12(2)9-8-10-13(19)3/h8-10H,7,11H2,1-6H3,(H,25,27). The van der Waals surface area contributed by atoms with Crippen LogP contribution in [0.5, 0.6) is 0 Å². The first-order valence-corrected chi connectivity index (χ1v) is 10.4. The van der Waals surface area contributed by atoms with Crippen molar-refractivity contribution in [1.29, 1.82) is 0 Å². The van der Waals surface area contributed by atoms with E-state index in [2.05, 4.69) is 15.3 Å². The zero-order valence-corrected chi connectivity index (χ0v) is 18.5. The number of carbonyl (C=O) groups is 2. The fraction of sp³-hybridized carbons (Fsp3) is 0.364. The third-order valence-electron chi connectivity index (χ3n) is 5.00. The molecule has 3 aromatic rings. The first-order valence-electron chi connectivity index (χ1n) is 9.61. The van der Waals surface area contributed by atoms with E-state index in [4.69, 9.17) is 0 Å². The maximum Gasteiger partial charge on any atom is 0.264 e. The molecule has 0 spiro atoms. The van der Waals surface area contributed by atoms with E-state index in [0.29, 0.717) is 4.88 Å². The van der Waals surface area contributed by atoms with E-state index in [0.717, 1.165) is 50.5 Å². The maximum absolute atomic E-state index is 13.0. The summed E-state index contributed by atoms with van der Waals surface area (Å²) < 4.78 is 0. The highest BCUT2D eigenvalue weighted by Crippen LogP contribution is 2.32. The predicted octanol–water partition coefficient (Wildman–Crippen LogP) is 4.20. The number of hydrogen-bond donors (Lipinski definition) is 1. The Hall–Kier alpha value is -2.80. The molecular formula is C22H26N4O2S. The van der Waals surface area contributed by atoms with Crippen molar-refractivity contribution in [2.75, 3.05) is 18.9 Å². The number of carbonyl (C=O) groups excluding carboxylic acids is 2. The van der Waals surface area contributed by atoms with Crippen molar-refractivity contribution in [3.8, 4) is 0 Å². The number of aryl methyl sites for hydroxylation is 5. The molecule has 7 heteroatoms. The summed E-state index contributed by atoms with van der Waals surface area (Å²) in [6.07, 6.45) is 0.745. The number of likely N-dealkylation sites (N-methyl/N-ethyl adjacent to an activating group) is 1. The third kappa shape index (κ3) is 4.15. The van der Waals surface area contributed by atoms with Gasteiger partial charge in [0.15, 0.2) is 0 Å². The Morgan fingerprint density at radius 3 is 2.38 bits per heavy atom. The normalized spacial score (nSPS) is 11.0. The molecule has 29 heavy (non-hydrogen) atoms. The van der Waals surface area contributed by atoms with Gasteiger partial charge in [0.05, 0.1) is 11.4 Å². The van der Waals surface area contributed by atoms with Crippen LogP contribution in [0.25, 0.3) is 10.2 Å². The molecule has 0 fully saturated rings. The van der Waals surface area contributed by atoms with E-state index in [1.807, 2.05) is 52.8 Å². The zero-order chi connectivity index (χ0) is 21.3. The molecule has 152 valence electrons. The number of anilines is 1. The average molecular weight is 411 g/mol. The minimum Gasteiger partial charge on any atom is -0.332 e. The number of rotatable bonds is 5. The Morgan fingerprint density at radius 2 is 1.76 bits per heavy atom. The van der Waals surface area contributed by atoms with Crippen LogP contribution in [0, 0.1) is 27.7 Å². The first kappa shape index (κ1) is 20.9. The lowest BCUT2D eigenvalue weighted by Gasteiger charge is -2.18. The molecule has 0 saturated heterocycles. The second-order valence-corrected chi connectivity index (χ2v) is 8.29. The molecule has 0 radical (unpaired) electrons. The van der Waals surface area contributed by atoms with Gasteiger partial charge in [-0.3, -0.25) is 9.59 Å². The third-order valence-corrected chi connectivity index (χ3v) is 6.17. The van der Waals surface area contributed by atoms with Gasteiger partial charge >= 0.3 is 0 Å². The summed E-state index contributed by atoms with van der Waals surface area (Å²) in [5.74, 6) is 0.373. The zero-order valence-electron chi connectivity index (χ0n) is 17.7. The number of aromatic nitrogens is 2. The molecule has 0 saturated carbocycles. The molecule has 0 atom stereocenters. The number of amides is 2. The number of nitrogens with zero attached hydrogens (tertiary/aromatic N) is 3. The Morgan fingerprint density at radius 1 is 1.10 bits per heavy atom. The molecule has 2 amide bonds. The molecular weight excluding hydrogens is 384 g/mol. The fourth-order valence-electron chi connectivity index (χ4n) is 3.41. The molecule has 0 unspecified atom stereocenters. The lowest BCUT2D eigenvalue weighted by atomic mass is 10.1. The largest absolute Gasteiger partial charge is 0.332 e. The number of nitrogens with one attached hydrogen (secondary N) is 1. The minimum absolute atomic E-state index is 0.0227. The van der Waals surface area contributed by atoms with Gasteiger partial charge in [0.2, 0.25) is 5.91 Å². The van der Waals surface area contributed by atoms with E-state index >= 15 is 0 Å². The highest BCUT2D eigenvalue weighted by atomic mass is 32.1. The van der Waals surface area contributed by atoms with Gasteiger partial charge in [-0.25, -0.2) is 9.97 Å². The number of benzene rings is 1. The van der Waals surface area contributed by atoms with Crippen molar-refractivity contribution >= 4 is 39.1 Å². The van der Waals surface area contributed by atoms with Gasteiger partial charge in [0.25, 0.3) is 5.91 Å². The summed E-state index contributed by atoms with van der Waals surface area (Å²) >= 11 is 1.37. The summed E-state index contributed by atoms with van der Waals surface area (Å²) in [6.45, 7) is 9.75. The fourth-order valence-corrected chi connectivity index (χ4v) is 4.65. The van der Waals surface area contributed by atoms with Crippen molar-refractivity contribution in [3.63, 3.8) is 0 Å². The van der Waals surface area contributed by atoms with Gasteiger partial charge in [-0.2, -0.15) is 0 Å². The van der Waals surface area contributed by atoms with E-state index in [1.54, 1.807) is 7.05 Å². The van der Waals surface area contributed by atoms with Crippen molar-refractivity contribution in [1.82, 2.24) is 14.9 Å². The highest BCUT2D eigenvalue weighted by molar-refractivity contribution is 7.20. The van der Waals surface area contributed by atoms with Crippen molar-refractivity contribution in [2.45, 2.75) is 41.0 Å². The van der Waals surface area contributed by atoms with Gasteiger partial charge in [-0.15, -0.1) is 11.3 Å². The van der Waals surface area contributed by atoms with Crippen LogP contribution in [0.1, 0.15) is 44.8 Å². The molecule has 3 rings (SSSR count). The lowest BCUT2D eigenvalue weighted by Crippen LogP contribution is -2.35. The topological polar surface area (TPSA) is 75.2 Å². The molecule has 0 aliphatic rings. The minimum atomic E-state index is -0.221. The van der Waals surface area contributed by atoms with Crippen LogP contribution in [0.4, 0.5) is 5.69 Å². The van der Waals surface area contributed by atoms with Gasteiger partial charge < -0.3 is 10.2 Å². The number of hydrogen-bond acceptors (Lipinski definition) is 5. The lowest BCUT2D eigenvalue weighted by molar-refractivity contribution is -0.116. The van der Waals surface area contributed by atoms with Crippen LogP contribution < -0.4 is 5.32 Å². The molecule has 2 heterocycles. The van der Waals surface area contributed by atoms with Gasteiger partial charge in [0.1, 0.15) is 10.7 Å². The Labute approximate surface area is 175 Å². The van der Waals surface area contributed by atoms with Crippen molar-refractivity contribution < 1.29 is 9.59 Å². The summed E-state index contributed by atoms with van der Waals surface area (Å²) in [7, 11) is 1.65. The van der Waals surface area contributed by atoms with E-state index in [9.17, 15) is 9.59 Å². The molecule has 0 aliphatic carbocycles. The van der Waals surface area contributed by atoms with E-state index in [1.165, 1.54) is 16.2 Å². The summed E-state index contributed by atoms with van der Waals surface area (Å²) in [5.41, 5.74) is 4.54. The van der Waals surface area contributed by atoms with Gasteiger partial charge in [-0.05, 0) is 44.4 Å². The van der Waals surface area contributed by atoms with Crippen LogP contribution in [0.15, 0.2) is 18.2 Å². The highest BCUT2D eigenvalue weighted by Gasteiger charge is 2.23. The number of para-hydroxylation sites is 1. The van der Waals surface area contributed by atoms with Crippen molar-refractivity contribution in [2.24, 2.45) is 0 Å². The summed E-state index contributed by atoms with van der Waals surface area (Å²) in [5, 5.41) is 3.86. The van der Waals surface area contributed by atoms with Crippen molar-refractivity contribution in [3.05, 3.63) is 51.3 Å². The molecule has 2 aromatic heterocycles. The Balaban J connectivity index is 1.80. The monoisotopic (exact) mass is 410 g/mol. The maximum atomic E-state index is 13.0. The average Bonchev–Trinajstić information content (AvgIpc) is 3.01. The smallest absolute Gasteiger partial charge is 0.264 e. The van der Waals surface area contributed by atoms with E-state index < -0.39 is 0 Å². The van der Waals surface area contributed by atoms with Gasteiger partial charge in [-0.1, -0.05) is 25.1 Å². The van der Waals surface area contributed by atoms with Crippen LogP contribution >= 0.6 is 11.3 Å². The molecule has 0 aliphatic heterocycles. The SMILES string of the molecule is CCc1nc(C)c2c(C)c(C(=O)N(C)CC(=O)Nc3c(C)cccc3C)sc2n1. The van der Waals surface area contributed by atoms with Gasteiger partial charge in [0, 0.05) is 30.2 Å².